The van der Waals surface area contributed by atoms with Crippen LogP contribution in [0.3, 0.4) is 0 Å². The molecule has 1 aliphatic carbocycles. The minimum Gasteiger partial charge on any atom is -0.329 e. The number of nitrogens with zero attached hydrogens (tertiary/aromatic N) is 1. The molecule has 0 radical (unpaired) electrons. The summed E-state index contributed by atoms with van der Waals surface area (Å²) in [6.07, 6.45) is 5.25. The highest BCUT2D eigenvalue weighted by atomic mass is 15.2. The van der Waals surface area contributed by atoms with E-state index in [1.54, 1.807) is 0 Å². The van der Waals surface area contributed by atoms with Gasteiger partial charge in [-0.05, 0) is 51.1 Å². The van der Waals surface area contributed by atoms with Gasteiger partial charge in [0.05, 0.1) is 0 Å². The van der Waals surface area contributed by atoms with Gasteiger partial charge in [0.2, 0.25) is 0 Å². The molecule has 0 amide bonds. The molecular formula is C13H28N2. The molecule has 2 nitrogen and oxygen atoms in total. The van der Waals surface area contributed by atoms with Gasteiger partial charge in [0.1, 0.15) is 0 Å². The van der Waals surface area contributed by atoms with Gasteiger partial charge >= 0.3 is 0 Å². The van der Waals surface area contributed by atoms with Crippen molar-refractivity contribution in [3.63, 3.8) is 0 Å². The summed E-state index contributed by atoms with van der Waals surface area (Å²) < 4.78 is 0. The Morgan fingerprint density at radius 3 is 2.33 bits per heavy atom. The Morgan fingerprint density at radius 2 is 2.00 bits per heavy atom. The first-order valence-corrected chi connectivity index (χ1v) is 6.48. The summed E-state index contributed by atoms with van der Waals surface area (Å²) in [5, 5.41) is 0. The van der Waals surface area contributed by atoms with E-state index in [0.29, 0.717) is 5.54 Å². The van der Waals surface area contributed by atoms with Gasteiger partial charge in [-0.15, -0.1) is 0 Å². The zero-order valence-corrected chi connectivity index (χ0v) is 10.9. The largest absolute Gasteiger partial charge is 0.329 e. The lowest BCUT2D eigenvalue weighted by atomic mass is 9.88. The molecule has 2 N–H and O–H groups in total. The molecule has 1 saturated carbocycles. The highest BCUT2D eigenvalue weighted by molar-refractivity contribution is 5.01. The van der Waals surface area contributed by atoms with Gasteiger partial charge in [-0.25, -0.2) is 0 Å². The normalized spacial score (nSPS) is 21.0. The molecule has 2 heteroatoms. The molecule has 90 valence electrons. The molecule has 1 aliphatic rings. The average Bonchev–Trinajstić information content (AvgIpc) is 3.02. The molecule has 1 fully saturated rings. The molecule has 1 rings (SSSR count). The van der Waals surface area contributed by atoms with Crippen LogP contribution in [-0.2, 0) is 0 Å². The maximum Gasteiger partial charge on any atom is 0.0354 e. The molecule has 0 aliphatic heterocycles. The Kier molecular flexibility index (Phi) is 4.60. The Balaban J connectivity index is 2.54. The third-order valence-electron chi connectivity index (χ3n) is 4.11. The van der Waals surface area contributed by atoms with Crippen LogP contribution in [0.15, 0.2) is 0 Å². The smallest absolute Gasteiger partial charge is 0.0354 e. The monoisotopic (exact) mass is 212 g/mol. The van der Waals surface area contributed by atoms with Crippen molar-refractivity contribution in [1.29, 1.82) is 0 Å². The van der Waals surface area contributed by atoms with Crippen LogP contribution in [0.5, 0.6) is 0 Å². The lowest BCUT2D eigenvalue weighted by Crippen LogP contribution is -2.54. The third kappa shape index (κ3) is 2.94. The lowest BCUT2D eigenvalue weighted by molar-refractivity contribution is 0.0915. The van der Waals surface area contributed by atoms with Crippen LogP contribution in [0.25, 0.3) is 0 Å². The van der Waals surface area contributed by atoms with Gasteiger partial charge in [-0.1, -0.05) is 20.8 Å². The van der Waals surface area contributed by atoms with Gasteiger partial charge < -0.3 is 5.73 Å². The van der Waals surface area contributed by atoms with E-state index < -0.39 is 0 Å². The molecular weight excluding hydrogens is 184 g/mol. The SMILES string of the molecule is CCC(CN)(C1CC1)N(C)CCC(C)C. The first-order valence-electron chi connectivity index (χ1n) is 6.48. The fraction of sp³-hybridized carbons (Fsp3) is 1.00. The summed E-state index contributed by atoms with van der Waals surface area (Å²) in [7, 11) is 2.26. The van der Waals surface area contributed by atoms with Crippen molar-refractivity contribution in [2.75, 3.05) is 20.1 Å². The molecule has 0 aromatic carbocycles. The van der Waals surface area contributed by atoms with Crippen molar-refractivity contribution in [3.05, 3.63) is 0 Å². The molecule has 15 heavy (non-hydrogen) atoms. The Hall–Kier alpha value is -0.0800. The fourth-order valence-corrected chi connectivity index (χ4v) is 2.63. The lowest BCUT2D eigenvalue weighted by Gasteiger charge is -2.41. The number of hydrogen-bond acceptors (Lipinski definition) is 2. The van der Waals surface area contributed by atoms with Crippen LogP contribution in [0.4, 0.5) is 0 Å². The molecule has 1 unspecified atom stereocenters. The topological polar surface area (TPSA) is 29.3 Å². The van der Waals surface area contributed by atoms with Gasteiger partial charge in [0.15, 0.2) is 0 Å². The summed E-state index contributed by atoms with van der Waals surface area (Å²) in [4.78, 5) is 2.53. The van der Waals surface area contributed by atoms with Gasteiger partial charge in [0, 0.05) is 12.1 Å². The van der Waals surface area contributed by atoms with E-state index in [9.17, 15) is 0 Å². The van der Waals surface area contributed by atoms with Crippen molar-refractivity contribution < 1.29 is 0 Å². The first-order chi connectivity index (χ1) is 7.06. The predicted molar refractivity (Wildman–Crippen MR) is 66.9 cm³/mol. The highest BCUT2D eigenvalue weighted by Gasteiger charge is 2.45. The summed E-state index contributed by atoms with van der Waals surface area (Å²) >= 11 is 0. The van der Waals surface area contributed by atoms with E-state index in [-0.39, 0.29) is 0 Å². The first kappa shape index (κ1) is 13.0. The van der Waals surface area contributed by atoms with E-state index in [0.717, 1.165) is 18.4 Å². The summed E-state index contributed by atoms with van der Waals surface area (Å²) in [5.41, 5.74) is 6.33. The summed E-state index contributed by atoms with van der Waals surface area (Å²) in [6, 6.07) is 0. The van der Waals surface area contributed by atoms with Crippen molar-refractivity contribution in [3.8, 4) is 0 Å². The minimum atomic E-state index is 0.300. The number of likely N-dealkylation sites (N-methyl/N-ethyl adjacent to an activating group) is 1. The summed E-state index contributed by atoms with van der Waals surface area (Å²) in [6.45, 7) is 8.89. The molecule has 1 atom stereocenters. The van der Waals surface area contributed by atoms with E-state index in [4.69, 9.17) is 5.73 Å². The highest BCUT2D eigenvalue weighted by Crippen LogP contribution is 2.44. The van der Waals surface area contributed by atoms with Crippen molar-refractivity contribution in [1.82, 2.24) is 4.90 Å². The second-order valence-corrected chi connectivity index (χ2v) is 5.54. The minimum absolute atomic E-state index is 0.300. The van der Waals surface area contributed by atoms with Crippen LogP contribution < -0.4 is 5.73 Å². The van der Waals surface area contributed by atoms with Crippen LogP contribution in [0.1, 0.15) is 46.5 Å². The molecule has 0 aromatic heterocycles. The molecule has 0 aromatic rings. The maximum atomic E-state index is 6.02. The maximum absolute atomic E-state index is 6.02. The van der Waals surface area contributed by atoms with E-state index in [1.165, 1.54) is 32.2 Å². The van der Waals surface area contributed by atoms with Gasteiger partial charge in [-0.2, -0.15) is 0 Å². The van der Waals surface area contributed by atoms with Crippen LogP contribution in [0.2, 0.25) is 0 Å². The number of nitrogens with two attached hydrogens (primary N) is 1. The van der Waals surface area contributed by atoms with Gasteiger partial charge in [0.25, 0.3) is 0 Å². The molecule has 0 saturated heterocycles. The Bertz CT molecular complexity index is 181. The zero-order chi connectivity index (χ0) is 11.5. The van der Waals surface area contributed by atoms with Crippen molar-refractivity contribution in [2.45, 2.75) is 52.0 Å². The average molecular weight is 212 g/mol. The van der Waals surface area contributed by atoms with Crippen molar-refractivity contribution >= 4 is 0 Å². The van der Waals surface area contributed by atoms with Crippen LogP contribution in [-0.4, -0.2) is 30.6 Å². The molecule has 0 spiro atoms. The number of rotatable bonds is 7. The van der Waals surface area contributed by atoms with Crippen LogP contribution >= 0.6 is 0 Å². The van der Waals surface area contributed by atoms with Gasteiger partial charge in [-0.3, -0.25) is 4.90 Å². The quantitative estimate of drug-likeness (QED) is 0.702. The van der Waals surface area contributed by atoms with Crippen molar-refractivity contribution in [2.24, 2.45) is 17.6 Å². The molecule has 0 heterocycles. The predicted octanol–water partition coefficient (Wildman–Crippen LogP) is 2.48. The Labute approximate surface area is 95.2 Å². The fourth-order valence-electron chi connectivity index (χ4n) is 2.63. The zero-order valence-electron chi connectivity index (χ0n) is 10.9. The second kappa shape index (κ2) is 5.31. The van der Waals surface area contributed by atoms with Crippen LogP contribution in [0, 0.1) is 11.8 Å². The van der Waals surface area contributed by atoms with E-state index in [2.05, 4.69) is 32.7 Å². The summed E-state index contributed by atoms with van der Waals surface area (Å²) in [5.74, 6) is 1.66. The van der Waals surface area contributed by atoms with E-state index in [1.807, 2.05) is 0 Å². The van der Waals surface area contributed by atoms with E-state index >= 15 is 0 Å². The second-order valence-electron chi connectivity index (χ2n) is 5.54. The number of hydrogen-bond donors (Lipinski definition) is 1. The third-order valence-corrected chi connectivity index (χ3v) is 4.11. The standard InChI is InChI=1S/C13H28N2/c1-5-13(10-14,12-6-7-12)15(4)9-8-11(2)3/h11-12H,5-10,14H2,1-4H3. The molecule has 0 bridgehead atoms. The Morgan fingerprint density at radius 1 is 1.40 bits per heavy atom.